The molecule has 1 aromatic carbocycles. The normalized spacial score (nSPS) is 15.4. The summed E-state index contributed by atoms with van der Waals surface area (Å²) >= 11 is 0. The number of rotatable bonds is 8. The second-order valence-electron chi connectivity index (χ2n) is 6.37. The molecule has 1 fully saturated rings. The molecular formula is C20H26N2O5. The molecule has 2 heterocycles. The molecule has 1 atom stereocenters. The van der Waals surface area contributed by atoms with Crippen molar-refractivity contribution in [1.29, 1.82) is 0 Å². The number of benzene rings is 1. The molecule has 1 amide bonds. The number of ether oxygens (including phenoxy) is 3. The first-order valence-corrected chi connectivity index (χ1v) is 9.04. The van der Waals surface area contributed by atoms with E-state index in [0.29, 0.717) is 29.4 Å². The van der Waals surface area contributed by atoms with Crippen LogP contribution in [0.4, 0.5) is 0 Å². The molecule has 2 aromatic rings. The van der Waals surface area contributed by atoms with Crippen LogP contribution >= 0.6 is 0 Å². The number of furan rings is 1. The largest absolute Gasteiger partial charge is 0.493 e. The predicted octanol–water partition coefficient (Wildman–Crippen LogP) is 2.87. The van der Waals surface area contributed by atoms with Crippen molar-refractivity contribution < 1.29 is 23.4 Å². The third kappa shape index (κ3) is 4.03. The first-order valence-electron chi connectivity index (χ1n) is 9.04. The van der Waals surface area contributed by atoms with Crippen molar-refractivity contribution in [2.75, 3.05) is 41.0 Å². The SMILES string of the molecule is COc1ccc(C(=O)NC[C@H](c2ccco2)N2CCCC2)c(OC)c1OC. The molecular weight excluding hydrogens is 348 g/mol. The van der Waals surface area contributed by atoms with Crippen molar-refractivity contribution in [1.82, 2.24) is 10.2 Å². The Labute approximate surface area is 159 Å². The van der Waals surface area contributed by atoms with Crippen LogP contribution in [0.5, 0.6) is 17.2 Å². The van der Waals surface area contributed by atoms with Gasteiger partial charge in [-0.1, -0.05) is 0 Å². The molecule has 0 saturated carbocycles. The summed E-state index contributed by atoms with van der Waals surface area (Å²) in [6.45, 7) is 2.45. The van der Waals surface area contributed by atoms with Crippen molar-refractivity contribution in [3.05, 3.63) is 41.9 Å². The van der Waals surface area contributed by atoms with Crippen LogP contribution in [0.1, 0.15) is 35.0 Å². The summed E-state index contributed by atoms with van der Waals surface area (Å²) in [5, 5.41) is 3.01. The molecule has 3 rings (SSSR count). The van der Waals surface area contributed by atoms with E-state index in [1.54, 1.807) is 25.5 Å². The maximum atomic E-state index is 12.8. The van der Waals surface area contributed by atoms with E-state index in [2.05, 4.69) is 10.2 Å². The Morgan fingerprint density at radius 1 is 1.11 bits per heavy atom. The van der Waals surface area contributed by atoms with Gasteiger partial charge in [0.25, 0.3) is 5.91 Å². The maximum absolute atomic E-state index is 12.8. The molecule has 7 heteroatoms. The molecule has 1 aromatic heterocycles. The number of carbonyl (C=O) groups is 1. The van der Waals surface area contributed by atoms with E-state index in [9.17, 15) is 4.79 Å². The Morgan fingerprint density at radius 3 is 2.44 bits per heavy atom. The smallest absolute Gasteiger partial charge is 0.255 e. The number of nitrogens with zero attached hydrogens (tertiary/aromatic N) is 1. The molecule has 1 N–H and O–H groups in total. The summed E-state index contributed by atoms with van der Waals surface area (Å²) in [5.41, 5.74) is 0.398. The lowest BCUT2D eigenvalue weighted by molar-refractivity contribution is 0.0930. The molecule has 146 valence electrons. The van der Waals surface area contributed by atoms with Gasteiger partial charge in [0.2, 0.25) is 5.75 Å². The summed E-state index contributed by atoms with van der Waals surface area (Å²) in [6, 6.07) is 7.20. The second-order valence-corrected chi connectivity index (χ2v) is 6.37. The topological polar surface area (TPSA) is 73.2 Å². The fraction of sp³-hybridized carbons (Fsp3) is 0.450. The summed E-state index contributed by atoms with van der Waals surface area (Å²) in [7, 11) is 4.56. The number of hydrogen-bond acceptors (Lipinski definition) is 6. The first kappa shape index (κ1) is 19.1. The lowest BCUT2D eigenvalue weighted by Gasteiger charge is -2.26. The number of nitrogens with one attached hydrogen (secondary N) is 1. The summed E-state index contributed by atoms with van der Waals surface area (Å²) < 4.78 is 21.7. The van der Waals surface area contributed by atoms with E-state index in [4.69, 9.17) is 18.6 Å². The minimum absolute atomic E-state index is 0.0117. The highest BCUT2D eigenvalue weighted by Crippen LogP contribution is 2.39. The van der Waals surface area contributed by atoms with Gasteiger partial charge in [-0.25, -0.2) is 0 Å². The third-order valence-electron chi connectivity index (χ3n) is 4.86. The summed E-state index contributed by atoms with van der Waals surface area (Å²) in [4.78, 5) is 15.2. The average Bonchev–Trinajstić information content (AvgIpc) is 3.41. The van der Waals surface area contributed by atoms with Crippen LogP contribution in [-0.2, 0) is 0 Å². The van der Waals surface area contributed by atoms with Gasteiger partial charge in [0.05, 0.1) is 39.2 Å². The van der Waals surface area contributed by atoms with Gasteiger partial charge in [0.15, 0.2) is 11.5 Å². The van der Waals surface area contributed by atoms with E-state index in [1.807, 2.05) is 12.1 Å². The van der Waals surface area contributed by atoms with Gasteiger partial charge in [-0.3, -0.25) is 9.69 Å². The third-order valence-corrected chi connectivity index (χ3v) is 4.86. The predicted molar refractivity (Wildman–Crippen MR) is 101 cm³/mol. The van der Waals surface area contributed by atoms with Crippen LogP contribution in [-0.4, -0.2) is 51.8 Å². The Kier molecular flexibility index (Phi) is 6.24. The minimum atomic E-state index is -0.233. The van der Waals surface area contributed by atoms with Gasteiger partial charge >= 0.3 is 0 Å². The number of carbonyl (C=O) groups excluding carboxylic acids is 1. The van der Waals surface area contributed by atoms with Crippen molar-refractivity contribution in [3.63, 3.8) is 0 Å². The van der Waals surface area contributed by atoms with Crippen LogP contribution in [0.3, 0.4) is 0 Å². The first-order chi connectivity index (χ1) is 13.2. The number of amides is 1. The molecule has 0 spiro atoms. The van der Waals surface area contributed by atoms with Gasteiger partial charge < -0.3 is 23.9 Å². The van der Waals surface area contributed by atoms with Crippen molar-refractivity contribution in [2.24, 2.45) is 0 Å². The molecule has 1 aliphatic rings. The minimum Gasteiger partial charge on any atom is -0.493 e. The highest BCUT2D eigenvalue weighted by molar-refractivity contribution is 5.98. The monoisotopic (exact) mass is 374 g/mol. The summed E-state index contributed by atoms with van der Waals surface area (Å²) in [5.74, 6) is 1.89. The van der Waals surface area contributed by atoms with Crippen LogP contribution in [0.15, 0.2) is 34.9 Å². The van der Waals surface area contributed by atoms with E-state index in [-0.39, 0.29) is 11.9 Å². The molecule has 27 heavy (non-hydrogen) atoms. The maximum Gasteiger partial charge on any atom is 0.255 e. The number of likely N-dealkylation sites (tertiary alicyclic amines) is 1. The van der Waals surface area contributed by atoms with Crippen LogP contribution in [0.2, 0.25) is 0 Å². The van der Waals surface area contributed by atoms with Gasteiger partial charge in [-0.15, -0.1) is 0 Å². The van der Waals surface area contributed by atoms with E-state index < -0.39 is 0 Å². The number of methoxy groups -OCH3 is 3. The van der Waals surface area contributed by atoms with E-state index >= 15 is 0 Å². The Balaban J connectivity index is 1.78. The molecule has 0 aliphatic carbocycles. The zero-order valence-corrected chi connectivity index (χ0v) is 16.0. The highest BCUT2D eigenvalue weighted by Gasteiger charge is 2.27. The zero-order chi connectivity index (χ0) is 19.2. The van der Waals surface area contributed by atoms with E-state index in [1.165, 1.54) is 14.2 Å². The van der Waals surface area contributed by atoms with Gasteiger partial charge in [0, 0.05) is 6.54 Å². The van der Waals surface area contributed by atoms with Gasteiger partial charge in [-0.2, -0.15) is 0 Å². The fourth-order valence-electron chi connectivity index (χ4n) is 3.51. The van der Waals surface area contributed by atoms with Crippen molar-refractivity contribution in [2.45, 2.75) is 18.9 Å². The van der Waals surface area contributed by atoms with Gasteiger partial charge in [0.1, 0.15) is 5.76 Å². The molecule has 1 saturated heterocycles. The average molecular weight is 374 g/mol. The molecule has 7 nitrogen and oxygen atoms in total. The summed E-state index contributed by atoms with van der Waals surface area (Å²) in [6.07, 6.45) is 3.99. The highest BCUT2D eigenvalue weighted by atomic mass is 16.5. The lowest BCUT2D eigenvalue weighted by atomic mass is 10.1. The van der Waals surface area contributed by atoms with Crippen LogP contribution < -0.4 is 19.5 Å². The lowest BCUT2D eigenvalue weighted by Crippen LogP contribution is -2.36. The molecule has 0 radical (unpaired) electrons. The van der Waals surface area contributed by atoms with Crippen molar-refractivity contribution >= 4 is 5.91 Å². The van der Waals surface area contributed by atoms with E-state index in [0.717, 1.165) is 31.7 Å². The van der Waals surface area contributed by atoms with Crippen LogP contribution in [0.25, 0.3) is 0 Å². The quantitative estimate of drug-likeness (QED) is 0.766. The Hall–Kier alpha value is -2.67. The Bertz CT molecular complexity index is 754. The second kappa shape index (κ2) is 8.81. The van der Waals surface area contributed by atoms with Crippen LogP contribution in [0, 0.1) is 0 Å². The molecule has 1 aliphatic heterocycles. The van der Waals surface area contributed by atoms with Crippen molar-refractivity contribution in [3.8, 4) is 17.2 Å². The standard InChI is InChI=1S/C20H26N2O5/c1-24-17-9-8-14(18(25-2)19(17)26-3)20(23)21-13-15(16-7-6-12-27-16)22-10-4-5-11-22/h6-9,12,15H,4-5,10-11,13H2,1-3H3,(H,21,23)/t15-/m1/s1. The van der Waals surface area contributed by atoms with Gasteiger partial charge in [-0.05, 0) is 50.2 Å². The molecule has 0 unspecified atom stereocenters. The zero-order valence-electron chi connectivity index (χ0n) is 16.0. The fourth-order valence-corrected chi connectivity index (χ4v) is 3.51. The number of hydrogen-bond donors (Lipinski definition) is 1. The Morgan fingerprint density at radius 2 is 1.85 bits per heavy atom. The molecule has 0 bridgehead atoms.